The lowest BCUT2D eigenvalue weighted by atomic mass is 10.2. The van der Waals surface area contributed by atoms with Crippen molar-refractivity contribution in [3.05, 3.63) is 23.4 Å². The zero-order valence-corrected chi connectivity index (χ0v) is 10.3. The van der Waals surface area contributed by atoms with Gasteiger partial charge in [-0.2, -0.15) is 4.98 Å². The van der Waals surface area contributed by atoms with E-state index in [4.69, 9.17) is 4.52 Å². The lowest BCUT2D eigenvalue weighted by Gasteiger charge is -2.03. The zero-order chi connectivity index (χ0) is 11.4. The Balaban J connectivity index is 1.93. The summed E-state index contributed by atoms with van der Waals surface area (Å²) < 4.78 is 5.15. The van der Waals surface area contributed by atoms with Crippen molar-refractivity contribution in [3.63, 3.8) is 0 Å². The lowest BCUT2D eigenvalue weighted by Crippen LogP contribution is -2.19. The zero-order valence-electron chi connectivity index (χ0n) is 9.43. The fourth-order valence-corrected chi connectivity index (χ4v) is 1.95. The Bertz CT molecular complexity index is 422. The Morgan fingerprint density at radius 2 is 2.38 bits per heavy atom. The first-order valence-electron chi connectivity index (χ1n) is 5.33. The van der Waals surface area contributed by atoms with Gasteiger partial charge < -0.3 is 9.84 Å². The van der Waals surface area contributed by atoms with Gasteiger partial charge in [-0.15, -0.1) is 11.3 Å². The van der Waals surface area contributed by atoms with Gasteiger partial charge in [0, 0.05) is 0 Å². The Kier molecular flexibility index (Phi) is 3.69. The molecule has 0 amide bonds. The Morgan fingerprint density at radius 3 is 3.06 bits per heavy atom. The van der Waals surface area contributed by atoms with Crippen molar-refractivity contribution in [2.75, 3.05) is 6.54 Å². The third-order valence-corrected chi connectivity index (χ3v) is 2.90. The van der Waals surface area contributed by atoms with E-state index >= 15 is 0 Å². The van der Waals surface area contributed by atoms with E-state index in [9.17, 15) is 0 Å². The predicted octanol–water partition coefficient (Wildman–Crippen LogP) is 2.54. The first-order chi connectivity index (χ1) is 7.75. The molecule has 4 nitrogen and oxygen atoms in total. The van der Waals surface area contributed by atoms with Crippen molar-refractivity contribution in [2.24, 2.45) is 5.92 Å². The summed E-state index contributed by atoms with van der Waals surface area (Å²) in [6, 6.07) is 3.97. The third kappa shape index (κ3) is 2.90. The summed E-state index contributed by atoms with van der Waals surface area (Å²) in [5.74, 6) is 1.94. The SMILES string of the molecule is CC(C)CNCc1nc(-c2cccs2)no1. The molecule has 16 heavy (non-hydrogen) atoms. The molecule has 0 spiro atoms. The highest BCUT2D eigenvalue weighted by Crippen LogP contribution is 2.21. The Morgan fingerprint density at radius 1 is 1.50 bits per heavy atom. The van der Waals surface area contributed by atoms with Gasteiger partial charge in [-0.25, -0.2) is 0 Å². The Hall–Kier alpha value is -1.20. The number of hydrogen-bond acceptors (Lipinski definition) is 5. The number of thiophene rings is 1. The van der Waals surface area contributed by atoms with Gasteiger partial charge in [0.05, 0.1) is 11.4 Å². The van der Waals surface area contributed by atoms with Crippen LogP contribution in [0.15, 0.2) is 22.0 Å². The highest BCUT2D eigenvalue weighted by Gasteiger charge is 2.08. The molecule has 5 heteroatoms. The molecule has 0 atom stereocenters. The highest BCUT2D eigenvalue weighted by molar-refractivity contribution is 7.13. The van der Waals surface area contributed by atoms with Gasteiger partial charge in [-0.1, -0.05) is 25.1 Å². The van der Waals surface area contributed by atoms with Crippen molar-refractivity contribution in [1.82, 2.24) is 15.5 Å². The molecule has 0 aliphatic rings. The van der Waals surface area contributed by atoms with Gasteiger partial charge in [-0.3, -0.25) is 0 Å². The molecule has 0 aliphatic heterocycles. The van der Waals surface area contributed by atoms with Crippen LogP contribution in [0.5, 0.6) is 0 Å². The molecule has 1 N–H and O–H groups in total. The normalized spacial score (nSPS) is 11.2. The maximum atomic E-state index is 5.15. The van der Waals surface area contributed by atoms with Crippen LogP contribution in [0.25, 0.3) is 10.7 Å². The second kappa shape index (κ2) is 5.23. The second-order valence-corrected chi connectivity index (χ2v) is 4.96. The van der Waals surface area contributed by atoms with Gasteiger partial charge in [0.15, 0.2) is 0 Å². The molecule has 86 valence electrons. The van der Waals surface area contributed by atoms with Crippen molar-refractivity contribution >= 4 is 11.3 Å². The van der Waals surface area contributed by atoms with Crippen LogP contribution in [-0.2, 0) is 6.54 Å². The molecule has 2 aromatic rings. The molecule has 2 aromatic heterocycles. The fourth-order valence-electron chi connectivity index (χ4n) is 1.30. The molecule has 0 bridgehead atoms. The van der Waals surface area contributed by atoms with Gasteiger partial charge in [-0.05, 0) is 23.9 Å². The van der Waals surface area contributed by atoms with Gasteiger partial charge in [0.2, 0.25) is 11.7 Å². The minimum Gasteiger partial charge on any atom is -0.338 e. The number of rotatable bonds is 5. The molecule has 0 saturated heterocycles. The quantitative estimate of drug-likeness (QED) is 0.868. The van der Waals surface area contributed by atoms with Gasteiger partial charge in [0.1, 0.15) is 0 Å². The molecule has 0 unspecified atom stereocenters. The maximum absolute atomic E-state index is 5.15. The summed E-state index contributed by atoms with van der Waals surface area (Å²) in [6.45, 7) is 5.92. The van der Waals surface area contributed by atoms with E-state index in [0.29, 0.717) is 24.2 Å². The van der Waals surface area contributed by atoms with Crippen LogP contribution < -0.4 is 5.32 Å². The minimum absolute atomic E-state index is 0.625. The van der Waals surface area contributed by atoms with Crippen LogP contribution in [0.3, 0.4) is 0 Å². The molecule has 0 aromatic carbocycles. The van der Waals surface area contributed by atoms with Gasteiger partial charge >= 0.3 is 0 Å². The number of nitrogens with zero attached hydrogens (tertiary/aromatic N) is 2. The van der Waals surface area contributed by atoms with E-state index in [0.717, 1.165) is 11.4 Å². The molecule has 0 aliphatic carbocycles. The van der Waals surface area contributed by atoms with E-state index in [1.54, 1.807) is 11.3 Å². The summed E-state index contributed by atoms with van der Waals surface area (Å²) in [4.78, 5) is 5.36. The van der Waals surface area contributed by atoms with E-state index in [1.807, 2.05) is 17.5 Å². The highest BCUT2D eigenvalue weighted by atomic mass is 32.1. The van der Waals surface area contributed by atoms with Crippen LogP contribution in [-0.4, -0.2) is 16.7 Å². The first-order valence-corrected chi connectivity index (χ1v) is 6.21. The van der Waals surface area contributed by atoms with Crippen molar-refractivity contribution in [2.45, 2.75) is 20.4 Å². The van der Waals surface area contributed by atoms with E-state index in [2.05, 4.69) is 29.3 Å². The molecule has 0 fully saturated rings. The minimum atomic E-state index is 0.625. The standard InChI is InChI=1S/C11H15N3OS/c1-8(2)6-12-7-10-13-11(14-15-10)9-4-3-5-16-9/h3-5,8,12H,6-7H2,1-2H3. The lowest BCUT2D eigenvalue weighted by molar-refractivity contribution is 0.364. The predicted molar refractivity (Wildman–Crippen MR) is 64.2 cm³/mol. The summed E-state index contributed by atoms with van der Waals surface area (Å²) in [7, 11) is 0. The molecular weight excluding hydrogens is 222 g/mol. The van der Waals surface area contributed by atoms with Crippen molar-refractivity contribution in [1.29, 1.82) is 0 Å². The number of aromatic nitrogens is 2. The van der Waals surface area contributed by atoms with E-state index < -0.39 is 0 Å². The summed E-state index contributed by atoms with van der Waals surface area (Å²) in [5.41, 5.74) is 0. The molecule has 2 rings (SSSR count). The molecule has 0 radical (unpaired) electrons. The van der Waals surface area contributed by atoms with Crippen molar-refractivity contribution < 1.29 is 4.52 Å². The monoisotopic (exact) mass is 237 g/mol. The molecule has 2 heterocycles. The van der Waals surface area contributed by atoms with Crippen LogP contribution in [0.4, 0.5) is 0 Å². The average Bonchev–Trinajstić information content (AvgIpc) is 2.85. The second-order valence-electron chi connectivity index (χ2n) is 4.01. The van der Waals surface area contributed by atoms with Crippen LogP contribution >= 0.6 is 11.3 Å². The number of hydrogen-bond donors (Lipinski definition) is 1. The van der Waals surface area contributed by atoms with Crippen molar-refractivity contribution in [3.8, 4) is 10.7 Å². The van der Waals surface area contributed by atoms with Crippen LogP contribution in [0.2, 0.25) is 0 Å². The van der Waals surface area contributed by atoms with E-state index in [-0.39, 0.29) is 0 Å². The molecular formula is C11H15N3OS. The summed E-state index contributed by atoms with van der Waals surface area (Å²) >= 11 is 1.61. The fraction of sp³-hybridized carbons (Fsp3) is 0.455. The topological polar surface area (TPSA) is 51.0 Å². The summed E-state index contributed by atoms with van der Waals surface area (Å²) in [5, 5.41) is 9.21. The largest absolute Gasteiger partial charge is 0.338 e. The van der Waals surface area contributed by atoms with E-state index in [1.165, 1.54) is 0 Å². The van der Waals surface area contributed by atoms with Gasteiger partial charge in [0.25, 0.3) is 0 Å². The molecule has 0 saturated carbocycles. The first kappa shape index (κ1) is 11.3. The number of nitrogens with one attached hydrogen (secondary N) is 1. The average molecular weight is 237 g/mol. The van der Waals surface area contributed by atoms with Crippen LogP contribution in [0, 0.1) is 5.92 Å². The van der Waals surface area contributed by atoms with Crippen LogP contribution in [0.1, 0.15) is 19.7 Å². The Labute approximate surface area is 98.7 Å². The summed E-state index contributed by atoms with van der Waals surface area (Å²) in [6.07, 6.45) is 0. The smallest absolute Gasteiger partial charge is 0.240 e. The maximum Gasteiger partial charge on any atom is 0.240 e. The third-order valence-electron chi connectivity index (χ3n) is 2.04.